The highest BCUT2D eigenvalue weighted by Gasteiger charge is 2.50. The van der Waals surface area contributed by atoms with Gasteiger partial charge in [-0.3, -0.25) is 19.2 Å². The van der Waals surface area contributed by atoms with Crippen LogP contribution in [0, 0.1) is 0 Å². The molecule has 1 aliphatic rings. The number of hydrogen-bond acceptors (Lipinski definition) is 10. The number of nitrogens with one attached hydrogen (secondary N) is 1. The quantitative estimate of drug-likeness (QED) is 0.275. The Morgan fingerprint density at radius 3 is 2.04 bits per heavy atom. The van der Waals surface area contributed by atoms with Gasteiger partial charge in [-0.15, -0.1) is 0 Å². The van der Waals surface area contributed by atoms with Gasteiger partial charge in [0.1, 0.15) is 12.6 Å². The first-order chi connectivity index (χ1) is 11.6. The molecule has 0 radical (unpaired) electrons. The lowest BCUT2D eigenvalue weighted by atomic mass is 9.96. The smallest absolute Gasteiger partial charge is 0.303 e. The Kier molecular flexibility index (Phi) is 7.15. The molecule has 0 spiro atoms. The first kappa shape index (κ1) is 20.2. The molecule has 0 aliphatic carbocycles. The Labute approximate surface area is 143 Å². The van der Waals surface area contributed by atoms with Crippen molar-refractivity contribution in [2.45, 2.75) is 52.0 Å². The van der Waals surface area contributed by atoms with Gasteiger partial charge in [0.25, 0.3) is 5.90 Å². The van der Waals surface area contributed by atoms with Crippen molar-refractivity contribution in [1.82, 2.24) is 5.32 Å². The summed E-state index contributed by atoms with van der Waals surface area (Å²) in [6.45, 7) is 4.22. The summed E-state index contributed by atoms with van der Waals surface area (Å²) < 4.78 is 20.5. The molecule has 2 N–H and O–H groups in total. The second kappa shape index (κ2) is 8.85. The highest BCUT2D eigenvalue weighted by atomic mass is 16.6. The van der Waals surface area contributed by atoms with E-state index in [2.05, 4.69) is 10.5 Å². The summed E-state index contributed by atoms with van der Waals surface area (Å²) in [5, 5.41) is 14.5. The van der Waals surface area contributed by atoms with Crippen LogP contribution in [0.2, 0.25) is 0 Å². The molecule has 4 atom stereocenters. The minimum Gasteiger partial charge on any atom is -0.466 e. The molecule has 11 heteroatoms. The molecule has 1 heterocycles. The molecule has 1 rings (SSSR count). The molecule has 1 amide bonds. The summed E-state index contributed by atoms with van der Waals surface area (Å²) in [6.07, 6.45) is -3.60. The number of hydrogen-bond donors (Lipinski definition) is 2. The number of rotatable bonds is 5. The van der Waals surface area contributed by atoms with E-state index >= 15 is 0 Å². The molecule has 0 aromatic rings. The molecule has 0 aromatic carbocycles. The minimum atomic E-state index is -1.26. The van der Waals surface area contributed by atoms with Gasteiger partial charge in [-0.1, -0.05) is 5.16 Å². The van der Waals surface area contributed by atoms with Gasteiger partial charge in [0, 0.05) is 27.7 Å². The van der Waals surface area contributed by atoms with Gasteiger partial charge in [0.15, 0.2) is 18.3 Å². The summed E-state index contributed by atoms with van der Waals surface area (Å²) >= 11 is 0. The molecule has 2 unspecified atom stereocenters. The molecule has 0 bridgehead atoms. The van der Waals surface area contributed by atoms with Crippen LogP contribution in [0.3, 0.4) is 0 Å². The van der Waals surface area contributed by atoms with Crippen molar-refractivity contribution < 1.29 is 43.3 Å². The molecule has 140 valence electrons. The third-order valence-electron chi connectivity index (χ3n) is 3.07. The normalized spacial score (nSPS) is 27.0. The molecule has 25 heavy (non-hydrogen) atoms. The topological polar surface area (TPSA) is 150 Å². The lowest BCUT2D eigenvalue weighted by Gasteiger charge is -2.41. The standard InChI is InChI=1S/C14H20N2O9/c1-6(17)15-11-13(24-9(4)20)12(23-8(3)19)10(5-22-7(2)18)25-14(11)16-21/h10-13,21H,5H2,1-4H3,(H,15,17)/b16-14-/t10?,11?,12-,13-/m1/s1. The zero-order valence-electron chi connectivity index (χ0n) is 14.2. The van der Waals surface area contributed by atoms with Crippen LogP contribution < -0.4 is 5.32 Å². The zero-order chi connectivity index (χ0) is 19.1. The second-order valence-electron chi connectivity index (χ2n) is 5.22. The van der Waals surface area contributed by atoms with E-state index in [0.29, 0.717) is 0 Å². The SMILES string of the molecule is CC(=O)NC1/C(=N/O)OC(COC(C)=O)[C@@H](OC(C)=O)[C@@H]1OC(C)=O. The Morgan fingerprint density at radius 2 is 1.60 bits per heavy atom. The number of amides is 1. The molecule has 0 saturated carbocycles. The number of esters is 3. The van der Waals surface area contributed by atoms with Crippen molar-refractivity contribution >= 4 is 29.7 Å². The Bertz CT molecular complexity index is 575. The lowest BCUT2D eigenvalue weighted by molar-refractivity contribution is -0.186. The number of ether oxygens (including phenoxy) is 4. The number of nitrogens with zero attached hydrogens (tertiary/aromatic N) is 1. The van der Waals surface area contributed by atoms with E-state index in [9.17, 15) is 19.2 Å². The molecule has 11 nitrogen and oxygen atoms in total. The monoisotopic (exact) mass is 360 g/mol. The molecule has 0 aromatic heterocycles. The van der Waals surface area contributed by atoms with E-state index in [1.807, 2.05) is 0 Å². The fourth-order valence-corrected chi connectivity index (χ4v) is 2.28. The average Bonchev–Trinajstić information content (AvgIpc) is 2.48. The van der Waals surface area contributed by atoms with E-state index in [4.69, 9.17) is 24.2 Å². The fourth-order valence-electron chi connectivity index (χ4n) is 2.28. The van der Waals surface area contributed by atoms with Crippen LogP contribution in [0.4, 0.5) is 0 Å². The Hall–Kier alpha value is -2.85. The largest absolute Gasteiger partial charge is 0.466 e. The summed E-state index contributed by atoms with van der Waals surface area (Å²) in [7, 11) is 0. The predicted molar refractivity (Wildman–Crippen MR) is 79.4 cm³/mol. The Morgan fingerprint density at radius 1 is 1.04 bits per heavy atom. The predicted octanol–water partition coefficient (Wildman–Crippen LogP) is -0.896. The van der Waals surface area contributed by atoms with Gasteiger partial charge in [0.2, 0.25) is 5.91 Å². The molecule has 1 fully saturated rings. The van der Waals surface area contributed by atoms with Gasteiger partial charge >= 0.3 is 17.9 Å². The molecular formula is C14H20N2O9. The van der Waals surface area contributed by atoms with Crippen LogP contribution in [-0.4, -0.2) is 65.9 Å². The van der Waals surface area contributed by atoms with E-state index in [0.717, 1.165) is 20.8 Å². The van der Waals surface area contributed by atoms with Crippen LogP contribution in [0.1, 0.15) is 27.7 Å². The zero-order valence-corrected chi connectivity index (χ0v) is 14.2. The first-order valence-corrected chi connectivity index (χ1v) is 7.29. The van der Waals surface area contributed by atoms with Crippen molar-refractivity contribution in [3.63, 3.8) is 0 Å². The third kappa shape index (κ3) is 5.94. The molecular weight excluding hydrogens is 340 g/mol. The van der Waals surface area contributed by atoms with Crippen LogP contribution in [-0.2, 0) is 38.1 Å². The van der Waals surface area contributed by atoms with Gasteiger partial charge in [-0.05, 0) is 0 Å². The van der Waals surface area contributed by atoms with E-state index < -0.39 is 48.2 Å². The van der Waals surface area contributed by atoms with Crippen LogP contribution >= 0.6 is 0 Å². The van der Waals surface area contributed by atoms with Gasteiger partial charge in [-0.25, -0.2) is 0 Å². The average molecular weight is 360 g/mol. The minimum absolute atomic E-state index is 0.364. The van der Waals surface area contributed by atoms with Gasteiger partial charge < -0.3 is 29.5 Å². The summed E-state index contributed by atoms with van der Waals surface area (Å²) in [4.78, 5) is 45.3. The maximum Gasteiger partial charge on any atom is 0.303 e. The number of carbonyl (C=O) groups excluding carboxylic acids is 4. The summed E-state index contributed by atoms with van der Waals surface area (Å²) in [6, 6.07) is -1.20. The van der Waals surface area contributed by atoms with Crippen molar-refractivity contribution in [1.29, 1.82) is 0 Å². The van der Waals surface area contributed by atoms with Crippen molar-refractivity contribution in [3.8, 4) is 0 Å². The van der Waals surface area contributed by atoms with E-state index in [1.54, 1.807) is 0 Å². The van der Waals surface area contributed by atoms with Crippen molar-refractivity contribution in [2.75, 3.05) is 6.61 Å². The molecule has 1 aliphatic heterocycles. The van der Waals surface area contributed by atoms with E-state index in [1.165, 1.54) is 6.92 Å². The second-order valence-corrected chi connectivity index (χ2v) is 5.22. The van der Waals surface area contributed by atoms with Crippen molar-refractivity contribution in [2.24, 2.45) is 5.16 Å². The molecule has 1 saturated heterocycles. The maximum atomic E-state index is 11.4. The Balaban J connectivity index is 3.23. The highest BCUT2D eigenvalue weighted by Crippen LogP contribution is 2.24. The number of carbonyl (C=O) groups is 4. The van der Waals surface area contributed by atoms with Gasteiger partial charge in [0.05, 0.1) is 0 Å². The fraction of sp³-hybridized carbons (Fsp3) is 0.643. The summed E-state index contributed by atoms with van der Waals surface area (Å²) in [5.74, 6) is -3.00. The van der Waals surface area contributed by atoms with Crippen LogP contribution in [0.15, 0.2) is 5.16 Å². The van der Waals surface area contributed by atoms with E-state index in [-0.39, 0.29) is 12.5 Å². The third-order valence-corrected chi connectivity index (χ3v) is 3.07. The first-order valence-electron chi connectivity index (χ1n) is 7.29. The summed E-state index contributed by atoms with van der Waals surface area (Å²) in [5.41, 5.74) is 0. The van der Waals surface area contributed by atoms with Gasteiger partial charge in [-0.2, -0.15) is 0 Å². The van der Waals surface area contributed by atoms with Crippen molar-refractivity contribution in [3.05, 3.63) is 0 Å². The highest BCUT2D eigenvalue weighted by molar-refractivity contribution is 5.88. The lowest BCUT2D eigenvalue weighted by Crippen LogP contribution is -2.64. The van der Waals surface area contributed by atoms with Crippen LogP contribution in [0.25, 0.3) is 0 Å². The van der Waals surface area contributed by atoms with Crippen LogP contribution in [0.5, 0.6) is 0 Å². The number of oxime groups is 1. The maximum absolute atomic E-state index is 11.4.